The van der Waals surface area contributed by atoms with Gasteiger partial charge in [0.25, 0.3) is 0 Å². The van der Waals surface area contributed by atoms with E-state index >= 15 is 0 Å². The Morgan fingerprint density at radius 1 is 1.14 bits per heavy atom. The van der Waals surface area contributed by atoms with Crippen molar-refractivity contribution in [2.75, 3.05) is 0 Å². The van der Waals surface area contributed by atoms with Gasteiger partial charge in [-0.2, -0.15) is 0 Å². The van der Waals surface area contributed by atoms with E-state index in [2.05, 4.69) is 11.1 Å². The van der Waals surface area contributed by atoms with Crippen LogP contribution in [-0.4, -0.2) is 22.2 Å². The van der Waals surface area contributed by atoms with E-state index in [0.717, 1.165) is 52.1 Å². The van der Waals surface area contributed by atoms with Crippen molar-refractivity contribution in [1.29, 1.82) is 0 Å². The molecule has 4 rings (SSSR count). The molecule has 0 atom stereocenters. The van der Waals surface area contributed by atoms with Gasteiger partial charge in [-0.25, -0.2) is 4.79 Å². The van der Waals surface area contributed by atoms with Crippen LogP contribution in [-0.2, 0) is 6.42 Å². The van der Waals surface area contributed by atoms with E-state index in [0.29, 0.717) is 18.1 Å². The topological polar surface area (TPSA) is 59.4 Å². The lowest BCUT2D eigenvalue weighted by atomic mass is 9.97. The van der Waals surface area contributed by atoms with E-state index in [4.69, 9.17) is 4.74 Å². The number of aromatic carboxylic acids is 1. The number of hydrogen-bond donors (Lipinski definition) is 1. The van der Waals surface area contributed by atoms with Gasteiger partial charge in [0.2, 0.25) is 0 Å². The molecule has 1 aliphatic rings. The zero-order chi connectivity index (χ0) is 19.7. The van der Waals surface area contributed by atoms with E-state index in [1.54, 1.807) is 6.07 Å². The van der Waals surface area contributed by atoms with E-state index < -0.39 is 5.97 Å². The van der Waals surface area contributed by atoms with Gasteiger partial charge in [-0.05, 0) is 68.0 Å². The quantitative estimate of drug-likeness (QED) is 0.645. The normalized spacial score (nSPS) is 13.4. The second kappa shape index (κ2) is 7.47. The third-order valence-electron chi connectivity index (χ3n) is 4.96. The highest BCUT2D eigenvalue weighted by Crippen LogP contribution is 2.30. The Morgan fingerprint density at radius 2 is 1.96 bits per heavy atom. The molecule has 1 heterocycles. The zero-order valence-electron chi connectivity index (χ0n) is 16.1. The summed E-state index contributed by atoms with van der Waals surface area (Å²) in [7, 11) is 0. The summed E-state index contributed by atoms with van der Waals surface area (Å²) < 4.78 is 5.89. The fourth-order valence-corrected chi connectivity index (χ4v) is 3.39. The highest BCUT2D eigenvalue weighted by atomic mass is 16.5. The van der Waals surface area contributed by atoms with Crippen molar-refractivity contribution in [1.82, 2.24) is 4.98 Å². The first kappa shape index (κ1) is 18.2. The average molecular weight is 373 g/mol. The fraction of sp³-hybridized carbons (Fsp3) is 0.250. The number of ether oxygens (including phenoxy) is 1. The smallest absolute Gasteiger partial charge is 0.335 e. The minimum atomic E-state index is -0.896. The summed E-state index contributed by atoms with van der Waals surface area (Å²) in [5, 5.41) is 9.48. The molecule has 0 unspecified atom stereocenters. The minimum absolute atomic E-state index is 0.353. The van der Waals surface area contributed by atoms with Gasteiger partial charge in [0.1, 0.15) is 5.75 Å². The standard InChI is InChI=1S/C24H23NO3/c1-15-6-7-18(22(10-15)24(26)27)12-17-11-16(2)23(25-14-17)19-4-3-5-21(13-19)28-20-8-9-20/h3-7,10-11,13-14,20H,8-9,12H2,1-2H3,(H,26,27). The molecule has 0 radical (unpaired) electrons. The highest BCUT2D eigenvalue weighted by molar-refractivity contribution is 5.89. The molecule has 1 fully saturated rings. The Balaban J connectivity index is 1.59. The zero-order valence-corrected chi connectivity index (χ0v) is 16.1. The third-order valence-corrected chi connectivity index (χ3v) is 4.96. The SMILES string of the molecule is Cc1ccc(Cc2cnc(-c3cccc(OC4CC4)c3)c(C)c2)c(C(=O)O)c1. The van der Waals surface area contributed by atoms with Gasteiger partial charge in [-0.3, -0.25) is 4.98 Å². The van der Waals surface area contributed by atoms with Crippen molar-refractivity contribution in [2.45, 2.75) is 39.2 Å². The number of hydrogen-bond acceptors (Lipinski definition) is 3. The van der Waals surface area contributed by atoms with Crippen LogP contribution in [0, 0.1) is 13.8 Å². The molecule has 28 heavy (non-hydrogen) atoms. The number of rotatable bonds is 6. The first-order valence-electron chi connectivity index (χ1n) is 9.55. The minimum Gasteiger partial charge on any atom is -0.490 e. The molecule has 0 saturated heterocycles. The van der Waals surface area contributed by atoms with Crippen molar-refractivity contribution >= 4 is 5.97 Å². The molecule has 0 amide bonds. The Kier molecular flexibility index (Phi) is 4.86. The summed E-state index contributed by atoms with van der Waals surface area (Å²) in [5.41, 5.74) is 6.11. The molecule has 1 aromatic heterocycles. The summed E-state index contributed by atoms with van der Waals surface area (Å²) in [6, 6.07) is 15.7. The summed E-state index contributed by atoms with van der Waals surface area (Å²) >= 11 is 0. The lowest BCUT2D eigenvalue weighted by Gasteiger charge is -2.11. The maximum Gasteiger partial charge on any atom is 0.335 e. The number of nitrogens with zero attached hydrogens (tertiary/aromatic N) is 1. The molecule has 0 aliphatic heterocycles. The lowest BCUT2D eigenvalue weighted by Crippen LogP contribution is -2.04. The van der Waals surface area contributed by atoms with Gasteiger partial charge in [0.15, 0.2) is 0 Å². The Labute approximate surface area is 164 Å². The van der Waals surface area contributed by atoms with Crippen molar-refractivity contribution in [3.05, 3.63) is 82.5 Å². The van der Waals surface area contributed by atoms with Gasteiger partial charge in [0, 0.05) is 11.8 Å². The van der Waals surface area contributed by atoms with Gasteiger partial charge in [0.05, 0.1) is 17.4 Å². The molecular weight excluding hydrogens is 350 g/mol. The largest absolute Gasteiger partial charge is 0.490 e. The van der Waals surface area contributed by atoms with Crippen LogP contribution in [0.2, 0.25) is 0 Å². The van der Waals surface area contributed by atoms with Gasteiger partial charge in [-0.1, -0.05) is 35.9 Å². The van der Waals surface area contributed by atoms with Crippen LogP contribution in [0.4, 0.5) is 0 Å². The number of carboxylic acids is 1. The van der Waals surface area contributed by atoms with Crippen LogP contribution < -0.4 is 4.74 Å². The Hall–Kier alpha value is -3.14. The van der Waals surface area contributed by atoms with Crippen molar-refractivity contribution in [3.8, 4) is 17.0 Å². The molecule has 4 nitrogen and oxygen atoms in total. The van der Waals surface area contributed by atoms with Gasteiger partial charge >= 0.3 is 5.97 Å². The predicted octanol–water partition coefficient (Wildman–Crippen LogP) is 5.20. The monoisotopic (exact) mass is 373 g/mol. The van der Waals surface area contributed by atoms with Crippen molar-refractivity contribution in [3.63, 3.8) is 0 Å². The molecule has 1 saturated carbocycles. The fourth-order valence-electron chi connectivity index (χ4n) is 3.39. The maximum absolute atomic E-state index is 11.6. The van der Waals surface area contributed by atoms with E-state index in [1.807, 2.05) is 56.4 Å². The summed E-state index contributed by atoms with van der Waals surface area (Å²) in [4.78, 5) is 16.2. The molecular formula is C24H23NO3. The average Bonchev–Trinajstić information content (AvgIpc) is 3.47. The molecule has 4 heteroatoms. The van der Waals surface area contributed by atoms with Crippen LogP contribution in [0.3, 0.4) is 0 Å². The number of aromatic nitrogens is 1. The van der Waals surface area contributed by atoms with Gasteiger partial charge in [-0.15, -0.1) is 0 Å². The summed E-state index contributed by atoms with van der Waals surface area (Å²) in [6.07, 6.45) is 5.01. The van der Waals surface area contributed by atoms with E-state index in [-0.39, 0.29) is 0 Å². The predicted molar refractivity (Wildman–Crippen MR) is 109 cm³/mol. The van der Waals surface area contributed by atoms with Crippen LogP contribution in [0.25, 0.3) is 11.3 Å². The number of carboxylic acid groups (broad SMARTS) is 1. The first-order chi connectivity index (χ1) is 13.5. The van der Waals surface area contributed by atoms with Crippen molar-refractivity contribution < 1.29 is 14.6 Å². The molecule has 0 bridgehead atoms. The van der Waals surface area contributed by atoms with Crippen LogP contribution in [0.5, 0.6) is 5.75 Å². The Morgan fingerprint density at radius 3 is 2.68 bits per heavy atom. The maximum atomic E-state index is 11.6. The molecule has 1 N–H and O–H groups in total. The van der Waals surface area contributed by atoms with Crippen LogP contribution in [0.15, 0.2) is 54.7 Å². The highest BCUT2D eigenvalue weighted by Gasteiger charge is 2.23. The second-order valence-electron chi connectivity index (χ2n) is 7.50. The number of aryl methyl sites for hydroxylation is 2. The molecule has 0 spiro atoms. The van der Waals surface area contributed by atoms with Crippen LogP contribution in [0.1, 0.15) is 45.5 Å². The Bertz CT molecular complexity index is 1040. The molecule has 142 valence electrons. The summed E-state index contributed by atoms with van der Waals surface area (Å²) in [6.45, 7) is 3.94. The summed E-state index contributed by atoms with van der Waals surface area (Å²) in [5.74, 6) is -0.0106. The molecule has 3 aromatic rings. The van der Waals surface area contributed by atoms with Gasteiger partial charge < -0.3 is 9.84 Å². The first-order valence-corrected chi connectivity index (χ1v) is 9.55. The number of carbonyl (C=O) groups is 1. The second-order valence-corrected chi connectivity index (χ2v) is 7.50. The van der Waals surface area contributed by atoms with E-state index in [1.165, 1.54) is 0 Å². The molecule has 1 aliphatic carbocycles. The van der Waals surface area contributed by atoms with Crippen molar-refractivity contribution in [2.24, 2.45) is 0 Å². The van der Waals surface area contributed by atoms with E-state index in [9.17, 15) is 9.90 Å². The van der Waals surface area contributed by atoms with Crippen LogP contribution >= 0.6 is 0 Å². The third kappa shape index (κ3) is 4.06. The number of pyridine rings is 1. The number of benzene rings is 2. The molecule has 2 aromatic carbocycles. The lowest BCUT2D eigenvalue weighted by molar-refractivity contribution is 0.0695.